The van der Waals surface area contributed by atoms with Gasteiger partial charge in [0.1, 0.15) is 5.01 Å². The van der Waals surface area contributed by atoms with Gasteiger partial charge in [0.2, 0.25) is 0 Å². The van der Waals surface area contributed by atoms with Crippen LogP contribution in [-0.4, -0.2) is 16.0 Å². The zero-order valence-corrected chi connectivity index (χ0v) is 19.9. The second kappa shape index (κ2) is 9.10. The summed E-state index contributed by atoms with van der Waals surface area (Å²) in [5, 5.41) is 7.60. The number of benzene rings is 3. The molecule has 4 nitrogen and oxygen atoms in total. The molecule has 1 amide bonds. The minimum atomic E-state index is -0.418. The first-order valence-corrected chi connectivity index (χ1v) is 11.4. The average molecular weight is 507 g/mol. The Morgan fingerprint density at radius 1 is 1.00 bits per heavy atom. The van der Waals surface area contributed by atoms with E-state index in [0.29, 0.717) is 31.9 Å². The number of thiocarbonyl (C=S) groups is 1. The normalized spacial score (nSPS) is 10.8. The number of carbonyl (C=O) groups is 1. The van der Waals surface area contributed by atoms with Gasteiger partial charge in [0.15, 0.2) is 5.11 Å². The number of rotatable bonds is 3. The fraction of sp³-hybridized carbons (Fsp3) is 0.0455. The number of para-hydroxylation sites is 1. The third kappa shape index (κ3) is 4.84. The maximum absolute atomic E-state index is 12.5. The number of nitrogens with zero attached hydrogens (tertiary/aromatic N) is 1. The number of fused-ring (bicyclic) bond motifs is 1. The molecule has 0 saturated carbocycles. The molecule has 4 aromatic rings. The van der Waals surface area contributed by atoms with Gasteiger partial charge in [-0.1, -0.05) is 53.0 Å². The van der Waals surface area contributed by atoms with Crippen molar-refractivity contribution >= 4 is 85.3 Å². The van der Waals surface area contributed by atoms with Crippen LogP contribution in [0, 0.1) is 6.92 Å². The highest BCUT2D eigenvalue weighted by Crippen LogP contribution is 2.38. The molecule has 0 aliphatic rings. The van der Waals surface area contributed by atoms with Gasteiger partial charge in [-0.2, -0.15) is 0 Å². The molecule has 0 saturated heterocycles. The van der Waals surface area contributed by atoms with Crippen molar-refractivity contribution in [2.24, 2.45) is 0 Å². The van der Waals surface area contributed by atoms with Gasteiger partial charge in [0, 0.05) is 5.56 Å². The fourth-order valence-corrected chi connectivity index (χ4v) is 5.02. The van der Waals surface area contributed by atoms with Crippen LogP contribution in [0.1, 0.15) is 15.9 Å². The number of anilines is 1. The molecule has 0 aliphatic heterocycles. The molecule has 2 N–H and O–H groups in total. The number of nitrogens with one attached hydrogen (secondary N) is 2. The fourth-order valence-electron chi connectivity index (χ4n) is 2.92. The summed E-state index contributed by atoms with van der Waals surface area (Å²) < 4.78 is 1.05. The second-order valence-electron chi connectivity index (χ2n) is 6.69. The summed E-state index contributed by atoms with van der Waals surface area (Å²) in [6.07, 6.45) is 0. The third-order valence-corrected chi connectivity index (χ3v) is 6.64. The van der Waals surface area contributed by atoms with E-state index in [4.69, 9.17) is 47.0 Å². The zero-order valence-electron chi connectivity index (χ0n) is 16.0. The van der Waals surface area contributed by atoms with E-state index in [-0.39, 0.29) is 5.11 Å². The molecule has 31 heavy (non-hydrogen) atoms. The summed E-state index contributed by atoms with van der Waals surface area (Å²) >= 11 is 25.8. The molecule has 0 spiro atoms. The molecular formula is C22H14Cl3N3OS2. The molecule has 156 valence electrons. The number of halogens is 3. The predicted molar refractivity (Wildman–Crippen MR) is 135 cm³/mol. The lowest BCUT2D eigenvalue weighted by atomic mass is 10.1. The topological polar surface area (TPSA) is 54.0 Å². The van der Waals surface area contributed by atoms with Crippen molar-refractivity contribution < 1.29 is 4.79 Å². The Morgan fingerprint density at radius 3 is 2.52 bits per heavy atom. The van der Waals surface area contributed by atoms with Crippen LogP contribution in [0.25, 0.3) is 20.8 Å². The van der Waals surface area contributed by atoms with E-state index in [1.807, 2.05) is 31.2 Å². The lowest BCUT2D eigenvalue weighted by molar-refractivity contribution is 0.0978. The Morgan fingerprint density at radius 2 is 1.77 bits per heavy atom. The van der Waals surface area contributed by atoms with Crippen LogP contribution in [0.3, 0.4) is 0 Å². The zero-order chi connectivity index (χ0) is 22.1. The van der Waals surface area contributed by atoms with E-state index in [0.717, 1.165) is 20.8 Å². The SMILES string of the molecule is Cc1ccc(C(=O)NC(=S)Nc2cc(-c3nc4ccccc4s3)c(Cl)cc2Cl)c(Cl)c1. The molecule has 4 rings (SSSR count). The standard InChI is InChI=1S/C22H14Cl3N3OS2/c1-11-6-7-12(14(23)8-11)20(29)28-22(30)27-18-9-13(15(24)10-16(18)25)21-26-17-4-2-3-5-19(17)31-21/h2-10H,1H3,(H2,27,28,29,30). The largest absolute Gasteiger partial charge is 0.331 e. The van der Waals surface area contributed by atoms with Crippen LogP contribution in [0.5, 0.6) is 0 Å². The smallest absolute Gasteiger partial charge is 0.258 e. The van der Waals surface area contributed by atoms with Crippen LogP contribution < -0.4 is 10.6 Å². The highest BCUT2D eigenvalue weighted by molar-refractivity contribution is 7.80. The lowest BCUT2D eigenvalue weighted by Crippen LogP contribution is -2.34. The van der Waals surface area contributed by atoms with Crippen LogP contribution in [0.15, 0.2) is 54.6 Å². The summed E-state index contributed by atoms with van der Waals surface area (Å²) in [5.41, 5.74) is 3.39. The number of thiazole rings is 1. The van der Waals surface area contributed by atoms with Crippen LogP contribution in [0.4, 0.5) is 5.69 Å². The van der Waals surface area contributed by atoms with Crippen molar-refractivity contribution in [1.29, 1.82) is 0 Å². The van der Waals surface area contributed by atoms with Gasteiger partial charge in [-0.3, -0.25) is 10.1 Å². The number of amides is 1. The first-order valence-electron chi connectivity index (χ1n) is 9.05. The number of aromatic nitrogens is 1. The van der Waals surface area contributed by atoms with E-state index in [9.17, 15) is 4.79 Å². The van der Waals surface area contributed by atoms with Crippen molar-refractivity contribution in [1.82, 2.24) is 10.3 Å². The van der Waals surface area contributed by atoms with Crippen molar-refractivity contribution in [3.63, 3.8) is 0 Å². The van der Waals surface area contributed by atoms with Gasteiger partial charge in [-0.15, -0.1) is 11.3 Å². The number of aryl methyl sites for hydroxylation is 1. The predicted octanol–water partition coefficient (Wildman–Crippen LogP) is 7.36. The summed E-state index contributed by atoms with van der Waals surface area (Å²) in [5.74, 6) is -0.418. The number of hydrogen-bond acceptors (Lipinski definition) is 4. The molecule has 0 bridgehead atoms. The van der Waals surface area contributed by atoms with Crippen molar-refractivity contribution in [2.75, 3.05) is 5.32 Å². The molecule has 0 aliphatic carbocycles. The van der Waals surface area contributed by atoms with E-state index in [1.165, 1.54) is 11.3 Å². The average Bonchev–Trinajstić information content (AvgIpc) is 3.13. The maximum Gasteiger partial charge on any atom is 0.258 e. The molecule has 0 unspecified atom stereocenters. The molecule has 0 atom stereocenters. The summed E-state index contributed by atoms with van der Waals surface area (Å²) in [7, 11) is 0. The van der Waals surface area contributed by atoms with Gasteiger partial charge < -0.3 is 5.32 Å². The van der Waals surface area contributed by atoms with E-state index < -0.39 is 5.91 Å². The molecule has 0 radical (unpaired) electrons. The highest BCUT2D eigenvalue weighted by Gasteiger charge is 2.16. The second-order valence-corrected chi connectivity index (χ2v) is 9.35. The van der Waals surface area contributed by atoms with Crippen LogP contribution in [0.2, 0.25) is 15.1 Å². The third-order valence-electron chi connectivity index (χ3n) is 4.43. The summed E-state index contributed by atoms with van der Waals surface area (Å²) in [4.78, 5) is 17.2. The maximum atomic E-state index is 12.5. The van der Waals surface area contributed by atoms with Crippen molar-refractivity contribution in [3.05, 3.63) is 80.8 Å². The molecule has 9 heteroatoms. The highest BCUT2D eigenvalue weighted by atomic mass is 35.5. The minimum Gasteiger partial charge on any atom is -0.331 e. The van der Waals surface area contributed by atoms with Gasteiger partial charge in [-0.05, 0) is 61.1 Å². The van der Waals surface area contributed by atoms with Gasteiger partial charge in [-0.25, -0.2) is 4.98 Å². The van der Waals surface area contributed by atoms with Crippen molar-refractivity contribution in [2.45, 2.75) is 6.92 Å². The first kappa shape index (κ1) is 22.0. The number of carbonyl (C=O) groups excluding carboxylic acids is 1. The number of hydrogen-bond donors (Lipinski definition) is 2. The van der Waals surface area contributed by atoms with Crippen LogP contribution in [-0.2, 0) is 0 Å². The first-order chi connectivity index (χ1) is 14.8. The van der Waals surface area contributed by atoms with E-state index in [2.05, 4.69) is 15.6 Å². The Hall–Kier alpha value is -2.22. The Kier molecular flexibility index (Phi) is 6.46. The van der Waals surface area contributed by atoms with Crippen LogP contribution >= 0.6 is 58.4 Å². The Labute approximate surface area is 203 Å². The van der Waals surface area contributed by atoms with Crippen molar-refractivity contribution in [3.8, 4) is 10.6 Å². The molecule has 0 fully saturated rings. The Balaban J connectivity index is 1.57. The van der Waals surface area contributed by atoms with Gasteiger partial charge in [0.25, 0.3) is 5.91 Å². The summed E-state index contributed by atoms with van der Waals surface area (Å²) in [6, 6.07) is 16.4. The monoisotopic (exact) mass is 505 g/mol. The van der Waals surface area contributed by atoms with E-state index in [1.54, 1.807) is 30.3 Å². The molecule has 3 aromatic carbocycles. The van der Waals surface area contributed by atoms with Gasteiger partial charge in [0.05, 0.1) is 36.5 Å². The molecule has 1 aromatic heterocycles. The minimum absolute atomic E-state index is 0.0844. The summed E-state index contributed by atoms with van der Waals surface area (Å²) in [6.45, 7) is 1.89. The Bertz CT molecular complexity index is 1300. The lowest BCUT2D eigenvalue weighted by Gasteiger charge is -2.13. The molecule has 1 heterocycles. The van der Waals surface area contributed by atoms with Gasteiger partial charge >= 0.3 is 0 Å². The quantitative estimate of drug-likeness (QED) is 0.285. The molecular weight excluding hydrogens is 493 g/mol. The van der Waals surface area contributed by atoms with E-state index >= 15 is 0 Å².